The summed E-state index contributed by atoms with van der Waals surface area (Å²) in [5.74, 6) is 0.0406. The first kappa shape index (κ1) is 12.1. The minimum absolute atomic E-state index is 0.0406. The lowest BCUT2D eigenvalue weighted by Gasteiger charge is -2.32. The van der Waals surface area contributed by atoms with Gasteiger partial charge < -0.3 is 14.6 Å². The van der Waals surface area contributed by atoms with Gasteiger partial charge in [-0.2, -0.15) is 0 Å². The fourth-order valence-electron chi connectivity index (χ4n) is 2.72. The van der Waals surface area contributed by atoms with Gasteiger partial charge >= 0.3 is 0 Å². The van der Waals surface area contributed by atoms with E-state index in [4.69, 9.17) is 9.47 Å². The molecule has 1 aliphatic heterocycles. The lowest BCUT2D eigenvalue weighted by atomic mass is 9.85. The van der Waals surface area contributed by atoms with Crippen LogP contribution in [0.4, 0.5) is 0 Å². The van der Waals surface area contributed by atoms with E-state index >= 15 is 0 Å². The summed E-state index contributed by atoms with van der Waals surface area (Å²) in [6.07, 6.45) is 8.33. The maximum atomic E-state index is 9.30. The van der Waals surface area contributed by atoms with E-state index in [1.165, 1.54) is 19.3 Å². The van der Waals surface area contributed by atoms with Crippen LogP contribution in [-0.2, 0) is 9.47 Å². The Balaban J connectivity index is 1.92. The monoisotopic (exact) mass is 226 g/mol. The lowest BCUT2D eigenvalue weighted by molar-refractivity contribution is -0.137. The van der Waals surface area contributed by atoms with E-state index in [1.807, 2.05) is 6.08 Å². The predicted octanol–water partition coefficient (Wildman–Crippen LogP) is 2.25. The van der Waals surface area contributed by atoms with Gasteiger partial charge in [-0.05, 0) is 19.3 Å². The zero-order valence-corrected chi connectivity index (χ0v) is 9.86. The summed E-state index contributed by atoms with van der Waals surface area (Å²) in [6.45, 7) is 4.51. The Hall–Kier alpha value is -0.380. The zero-order valence-electron chi connectivity index (χ0n) is 9.86. The van der Waals surface area contributed by atoms with Crippen molar-refractivity contribution < 1.29 is 14.6 Å². The van der Waals surface area contributed by atoms with Crippen LogP contribution in [0.5, 0.6) is 0 Å². The number of hydrogen-bond donors (Lipinski definition) is 1. The van der Waals surface area contributed by atoms with E-state index in [2.05, 4.69) is 6.58 Å². The lowest BCUT2D eigenvalue weighted by Crippen LogP contribution is -2.36. The molecule has 0 aromatic heterocycles. The molecule has 1 saturated carbocycles. The van der Waals surface area contributed by atoms with Gasteiger partial charge in [-0.1, -0.05) is 25.3 Å². The second-order valence-electron chi connectivity index (χ2n) is 5.01. The highest BCUT2D eigenvalue weighted by Gasteiger charge is 2.43. The molecule has 2 rings (SSSR count). The highest BCUT2D eigenvalue weighted by Crippen LogP contribution is 2.39. The molecule has 0 aromatic rings. The van der Waals surface area contributed by atoms with Crippen molar-refractivity contribution in [1.29, 1.82) is 0 Å². The molecule has 3 heteroatoms. The van der Waals surface area contributed by atoms with Crippen molar-refractivity contribution in [3.8, 4) is 0 Å². The first-order chi connectivity index (χ1) is 7.79. The summed E-state index contributed by atoms with van der Waals surface area (Å²) in [4.78, 5) is 0. The third-order valence-corrected chi connectivity index (χ3v) is 3.73. The third kappa shape index (κ3) is 2.47. The van der Waals surface area contributed by atoms with Crippen molar-refractivity contribution in [3.63, 3.8) is 0 Å². The first-order valence-electron chi connectivity index (χ1n) is 6.31. The van der Waals surface area contributed by atoms with Crippen LogP contribution in [0.15, 0.2) is 12.7 Å². The topological polar surface area (TPSA) is 38.7 Å². The van der Waals surface area contributed by atoms with E-state index < -0.39 is 0 Å². The molecule has 92 valence electrons. The molecule has 1 saturated heterocycles. The van der Waals surface area contributed by atoms with Crippen LogP contribution in [0.2, 0.25) is 0 Å². The van der Waals surface area contributed by atoms with Crippen LogP contribution in [0, 0.1) is 5.92 Å². The molecule has 3 nitrogen and oxygen atoms in total. The van der Waals surface area contributed by atoms with Crippen LogP contribution in [0.25, 0.3) is 0 Å². The van der Waals surface area contributed by atoms with E-state index in [-0.39, 0.29) is 24.4 Å². The molecular weight excluding hydrogens is 204 g/mol. The standard InChI is InChI=1S/C13H22O3/c1-2-6-11(9-14)12-15-10-13(16-12)7-4-3-5-8-13/h2,11-12,14H,1,3-10H2/t11-,12+/m1/s1. The van der Waals surface area contributed by atoms with Gasteiger partial charge in [-0.15, -0.1) is 6.58 Å². The van der Waals surface area contributed by atoms with Gasteiger partial charge in [0.1, 0.15) is 0 Å². The minimum atomic E-state index is -0.235. The Morgan fingerprint density at radius 1 is 1.38 bits per heavy atom. The molecule has 16 heavy (non-hydrogen) atoms. The maximum Gasteiger partial charge on any atom is 0.163 e. The summed E-state index contributed by atoms with van der Waals surface area (Å²) >= 11 is 0. The summed E-state index contributed by atoms with van der Waals surface area (Å²) in [5, 5.41) is 9.30. The summed E-state index contributed by atoms with van der Waals surface area (Å²) in [6, 6.07) is 0. The summed E-state index contributed by atoms with van der Waals surface area (Å²) < 4.78 is 11.8. The van der Waals surface area contributed by atoms with Gasteiger partial charge in [0, 0.05) is 5.92 Å². The zero-order chi connectivity index (χ0) is 11.4. The minimum Gasteiger partial charge on any atom is -0.396 e. The second-order valence-corrected chi connectivity index (χ2v) is 5.01. The summed E-state index contributed by atoms with van der Waals surface area (Å²) in [7, 11) is 0. The van der Waals surface area contributed by atoms with Gasteiger partial charge in [0.2, 0.25) is 0 Å². The molecule has 2 aliphatic rings. The van der Waals surface area contributed by atoms with E-state index in [1.54, 1.807) is 0 Å². The highest BCUT2D eigenvalue weighted by atomic mass is 16.7. The molecular formula is C13H22O3. The molecule has 0 aromatic carbocycles. The van der Waals surface area contributed by atoms with Crippen molar-refractivity contribution in [2.45, 2.75) is 50.4 Å². The Labute approximate surface area is 97.4 Å². The third-order valence-electron chi connectivity index (χ3n) is 3.73. The van der Waals surface area contributed by atoms with Crippen molar-refractivity contribution in [2.24, 2.45) is 5.92 Å². The number of ether oxygens (including phenoxy) is 2. The molecule has 0 bridgehead atoms. The maximum absolute atomic E-state index is 9.30. The van der Waals surface area contributed by atoms with Crippen molar-refractivity contribution in [1.82, 2.24) is 0 Å². The van der Waals surface area contributed by atoms with Crippen LogP contribution in [0.1, 0.15) is 38.5 Å². The largest absolute Gasteiger partial charge is 0.396 e. The van der Waals surface area contributed by atoms with Crippen molar-refractivity contribution >= 4 is 0 Å². The van der Waals surface area contributed by atoms with Gasteiger partial charge in [0.15, 0.2) is 6.29 Å². The molecule has 0 unspecified atom stereocenters. The Kier molecular flexibility index (Phi) is 4.00. The van der Waals surface area contributed by atoms with Gasteiger partial charge in [0.05, 0.1) is 18.8 Å². The molecule has 2 fully saturated rings. The molecule has 1 spiro atoms. The average molecular weight is 226 g/mol. The number of aliphatic hydroxyl groups excluding tert-OH is 1. The van der Waals surface area contributed by atoms with Crippen molar-refractivity contribution in [3.05, 3.63) is 12.7 Å². The SMILES string of the molecule is C=CC[C@H](CO)[C@H]1OCC2(CCCCC2)O1. The van der Waals surface area contributed by atoms with E-state index in [9.17, 15) is 5.11 Å². The smallest absolute Gasteiger partial charge is 0.163 e. The van der Waals surface area contributed by atoms with E-state index in [0.29, 0.717) is 6.61 Å². The Bertz CT molecular complexity index is 233. The first-order valence-corrected chi connectivity index (χ1v) is 6.31. The molecule has 1 N–H and O–H groups in total. The van der Waals surface area contributed by atoms with Gasteiger partial charge in [0.25, 0.3) is 0 Å². The second kappa shape index (κ2) is 5.30. The Morgan fingerprint density at radius 2 is 2.12 bits per heavy atom. The fourth-order valence-corrected chi connectivity index (χ4v) is 2.72. The molecule has 0 radical (unpaired) electrons. The number of hydrogen-bond acceptors (Lipinski definition) is 3. The number of rotatable bonds is 4. The molecule has 1 heterocycles. The number of allylic oxidation sites excluding steroid dienone is 1. The molecule has 1 aliphatic carbocycles. The average Bonchev–Trinajstić information content (AvgIpc) is 2.71. The normalized spacial score (nSPS) is 30.4. The van der Waals surface area contributed by atoms with Crippen LogP contribution < -0.4 is 0 Å². The summed E-state index contributed by atoms with van der Waals surface area (Å²) in [5.41, 5.74) is -0.0441. The predicted molar refractivity (Wildman–Crippen MR) is 62.0 cm³/mol. The number of aliphatic hydroxyl groups is 1. The highest BCUT2D eigenvalue weighted by molar-refractivity contribution is 4.90. The van der Waals surface area contributed by atoms with Gasteiger partial charge in [-0.3, -0.25) is 0 Å². The van der Waals surface area contributed by atoms with E-state index in [0.717, 1.165) is 19.3 Å². The van der Waals surface area contributed by atoms with Crippen LogP contribution in [0.3, 0.4) is 0 Å². The van der Waals surface area contributed by atoms with Gasteiger partial charge in [-0.25, -0.2) is 0 Å². The molecule has 0 amide bonds. The molecule has 2 atom stereocenters. The quantitative estimate of drug-likeness (QED) is 0.747. The van der Waals surface area contributed by atoms with Crippen LogP contribution in [-0.4, -0.2) is 30.2 Å². The van der Waals surface area contributed by atoms with Crippen LogP contribution >= 0.6 is 0 Å². The fraction of sp³-hybridized carbons (Fsp3) is 0.846. The van der Waals surface area contributed by atoms with Crippen molar-refractivity contribution in [2.75, 3.05) is 13.2 Å². The Morgan fingerprint density at radius 3 is 2.75 bits per heavy atom.